The summed E-state index contributed by atoms with van der Waals surface area (Å²) >= 11 is 0. The van der Waals surface area contributed by atoms with Crippen LogP contribution in [0.2, 0.25) is 0 Å². The lowest BCUT2D eigenvalue weighted by molar-refractivity contribution is -0.123. The third-order valence-corrected chi connectivity index (χ3v) is 1.42. The molecule has 6 heteroatoms. The van der Waals surface area contributed by atoms with Gasteiger partial charge >= 0.3 is 0 Å². The Balaban J connectivity index is 3.62. The van der Waals surface area contributed by atoms with Crippen molar-refractivity contribution in [2.24, 2.45) is 11.5 Å². The predicted molar refractivity (Wildman–Crippen MR) is 46.5 cm³/mol. The van der Waals surface area contributed by atoms with Crippen molar-refractivity contribution in [1.82, 2.24) is 5.32 Å². The van der Waals surface area contributed by atoms with Gasteiger partial charge in [-0.2, -0.15) is 0 Å². The van der Waals surface area contributed by atoms with Crippen molar-refractivity contribution in [3.63, 3.8) is 0 Å². The van der Waals surface area contributed by atoms with Crippen LogP contribution in [0.5, 0.6) is 0 Å². The number of nitrogens with two attached hydrogens (primary N) is 2. The van der Waals surface area contributed by atoms with E-state index in [4.69, 9.17) is 16.6 Å². The van der Waals surface area contributed by atoms with Gasteiger partial charge in [0.25, 0.3) is 0 Å². The van der Waals surface area contributed by atoms with E-state index < -0.39 is 18.2 Å². The Labute approximate surface area is 76.3 Å². The monoisotopic (exact) mass is 189 g/mol. The summed E-state index contributed by atoms with van der Waals surface area (Å²) < 4.78 is 0. The first-order valence-electron chi connectivity index (χ1n) is 3.98. The largest absolute Gasteiger partial charge is 0.377 e. The van der Waals surface area contributed by atoms with E-state index in [2.05, 4.69) is 5.32 Å². The van der Waals surface area contributed by atoms with Gasteiger partial charge in [0.15, 0.2) is 0 Å². The average molecular weight is 189 g/mol. The minimum atomic E-state index is -1.08. The molecule has 6 N–H and O–H groups in total. The van der Waals surface area contributed by atoms with Crippen molar-refractivity contribution >= 4 is 12.2 Å². The molecule has 1 amide bonds. The molecular formula is C7H15N3O3. The van der Waals surface area contributed by atoms with Gasteiger partial charge in [-0.3, -0.25) is 4.79 Å². The average Bonchev–Trinajstić information content (AvgIpc) is 2.10. The van der Waals surface area contributed by atoms with Gasteiger partial charge in [-0.05, 0) is 6.42 Å². The van der Waals surface area contributed by atoms with Crippen molar-refractivity contribution in [2.45, 2.75) is 25.1 Å². The zero-order chi connectivity index (χ0) is 10.3. The second kappa shape index (κ2) is 6.53. The number of hydrogen-bond acceptors (Lipinski definition) is 5. The van der Waals surface area contributed by atoms with Gasteiger partial charge in [-0.25, -0.2) is 0 Å². The summed E-state index contributed by atoms with van der Waals surface area (Å²) in [6, 6.07) is -0.719. The molecule has 0 heterocycles. The number of aliphatic hydroxyl groups is 1. The zero-order valence-corrected chi connectivity index (χ0v) is 7.27. The van der Waals surface area contributed by atoms with Gasteiger partial charge in [0.05, 0.1) is 12.6 Å². The Morgan fingerprint density at radius 1 is 1.54 bits per heavy atom. The van der Waals surface area contributed by atoms with Gasteiger partial charge in [-0.15, -0.1) is 0 Å². The molecule has 0 radical (unpaired) electrons. The van der Waals surface area contributed by atoms with Crippen LogP contribution >= 0.6 is 0 Å². The summed E-state index contributed by atoms with van der Waals surface area (Å²) in [5, 5.41) is 11.0. The van der Waals surface area contributed by atoms with Crippen LogP contribution in [-0.2, 0) is 9.59 Å². The van der Waals surface area contributed by atoms with E-state index in [0.717, 1.165) is 0 Å². The number of amides is 1. The fraction of sp³-hybridized carbons (Fsp3) is 0.714. The zero-order valence-electron chi connectivity index (χ0n) is 7.27. The highest BCUT2D eigenvalue weighted by atomic mass is 16.3. The smallest absolute Gasteiger partial charge is 0.237 e. The van der Waals surface area contributed by atoms with Gasteiger partial charge in [0, 0.05) is 6.42 Å². The molecule has 0 aliphatic rings. The van der Waals surface area contributed by atoms with E-state index in [1.807, 2.05) is 0 Å². The van der Waals surface area contributed by atoms with E-state index in [9.17, 15) is 9.59 Å². The molecule has 0 bridgehead atoms. The number of rotatable bonds is 6. The van der Waals surface area contributed by atoms with Gasteiger partial charge < -0.3 is 26.7 Å². The van der Waals surface area contributed by atoms with Crippen LogP contribution < -0.4 is 16.8 Å². The van der Waals surface area contributed by atoms with Crippen LogP contribution in [0.4, 0.5) is 0 Å². The summed E-state index contributed by atoms with van der Waals surface area (Å²) in [7, 11) is 0. The number of aliphatic hydroxyl groups excluding tert-OH is 1. The molecule has 0 aliphatic heterocycles. The lowest BCUT2D eigenvalue weighted by Gasteiger charge is -2.11. The summed E-state index contributed by atoms with van der Waals surface area (Å²) in [6.07, 6.45) is 0.169. The first-order valence-corrected chi connectivity index (χ1v) is 3.98. The molecule has 2 atom stereocenters. The normalized spacial score (nSPS) is 14.7. The van der Waals surface area contributed by atoms with Gasteiger partial charge in [0.2, 0.25) is 5.91 Å². The first-order chi connectivity index (χ1) is 6.07. The van der Waals surface area contributed by atoms with E-state index in [1.165, 1.54) is 0 Å². The third-order valence-electron chi connectivity index (χ3n) is 1.42. The van der Waals surface area contributed by atoms with Crippen molar-refractivity contribution in [3.8, 4) is 0 Å². The molecule has 0 saturated carbocycles. The van der Waals surface area contributed by atoms with Crippen LogP contribution in [0.1, 0.15) is 12.8 Å². The predicted octanol–water partition coefficient (Wildman–Crippen LogP) is -2.31. The highest BCUT2D eigenvalue weighted by molar-refractivity contribution is 5.81. The van der Waals surface area contributed by atoms with Crippen molar-refractivity contribution < 1.29 is 14.7 Å². The maximum absolute atomic E-state index is 11.0. The second-order valence-electron chi connectivity index (χ2n) is 2.66. The minimum absolute atomic E-state index is 0.0341. The number of hydrogen-bond donors (Lipinski definition) is 4. The number of carbonyl (C=O) groups is 2. The van der Waals surface area contributed by atoms with Crippen molar-refractivity contribution in [2.75, 3.05) is 6.54 Å². The van der Waals surface area contributed by atoms with Gasteiger partial charge in [-0.1, -0.05) is 0 Å². The standard InChI is InChI=1S/C7H15N3O3/c8-5(2-1-3-11)7(13)10-4-6(9)12/h3,5-6,12H,1-2,4,8-9H2,(H,10,13). The third kappa shape index (κ3) is 6.21. The van der Waals surface area contributed by atoms with E-state index >= 15 is 0 Å². The molecule has 0 saturated heterocycles. The van der Waals surface area contributed by atoms with Gasteiger partial charge in [0.1, 0.15) is 12.5 Å². The highest BCUT2D eigenvalue weighted by Crippen LogP contribution is 1.91. The lowest BCUT2D eigenvalue weighted by Crippen LogP contribution is -2.45. The molecule has 0 aromatic carbocycles. The molecule has 0 aromatic rings. The van der Waals surface area contributed by atoms with Crippen molar-refractivity contribution in [1.29, 1.82) is 0 Å². The molecular weight excluding hydrogens is 174 g/mol. The quantitative estimate of drug-likeness (QED) is 0.276. The molecule has 0 aromatic heterocycles. The van der Waals surface area contributed by atoms with Crippen LogP contribution in [0, 0.1) is 0 Å². The molecule has 0 aliphatic carbocycles. The first kappa shape index (κ1) is 12.0. The summed E-state index contributed by atoms with van der Waals surface area (Å²) in [5.74, 6) is -0.411. The Kier molecular flexibility index (Phi) is 6.03. The van der Waals surface area contributed by atoms with E-state index in [-0.39, 0.29) is 13.0 Å². The van der Waals surface area contributed by atoms with E-state index in [0.29, 0.717) is 12.7 Å². The Morgan fingerprint density at radius 2 is 2.15 bits per heavy atom. The molecule has 6 nitrogen and oxygen atoms in total. The highest BCUT2D eigenvalue weighted by Gasteiger charge is 2.12. The topological polar surface area (TPSA) is 118 Å². The molecule has 76 valence electrons. The fourth-order valence-corrected chi connectivity index (χ4v) is 0.715. The minimum Gasteiger partial charge on any atom is -0.377 e. The summed E-state index contributed by atoms with van der Waals surface area (Å²) in [5.41, 5.74) is 10.4. The number of aldehydes is 1. The molecule has 0 fully saturated rings. The van der Waals surface area contributed by atoms with Crippen LogP contribution in [-0.4, -0.2) is 36.1 Å². The Hall–Kier alpha value is -0.980. The number of nitrogens with one attached hydrogen (secondary N) is 1. The SMILES string of the molecule is NC(O)CNC(=O)C(N)CCC=O. The molecule has 2 unspecified atom stereocenters. The van der Waals surface area contributed by atoms with Crippen molar-refractivity contribution in [3.05, 3.63) is 0 Å². The van der Waals surface area contributed by atoms with Crippen LogP contribution in [0.3, 0.4) is 0 Å². The van der Waals surface area contributed by atoms with Crippen LogP contribution in [0.25, 0.3) is 0 Å². The maximum atomic E-state index is 11.0. The molecule has 13 heavy (non-hydrogen) atoms. The van der Waals surface area contributed by atoms with Crippen LogP contribution in [0.15, 0.2) is 0 Å². The lowest BCUT2D eigenvalue weighted by atomic mass is 10.1. The summed E-state index contributed by atoms with van der Waals surface area (Å²) in [4.78, 5) is 21.0. The molecule has 0 spiro atoms. The Morgan fingerprint density at radius 3 is 2.62 bits per heavy atom. The van der Waals surface area contributed by atoms with E-state index in [1.54, 1.807) is 0 Å². The Bertz CT molecular complexity index is 172. The fourth-order valence-electron chi connectivity index (χ4n) is 0.715. The summed E-state index contributed by atoms with van der Waals surface area (Å²) in [6.45, 7) is -0.0341. The number of carbonyl (C=O) groups excluding carboxylic acids is 2. The maximum Gasteiger partial charge on any atom is 0.237 e. The molecule has 0 rings (SSSR count). The second-order valence-corrected chi connectivity index (χ2v) is 2.66.